The van der Waals surface area contributed by atoms with Gasteiger partial charge in [0.2, 0.25) is 0 Å². The molecule has 2 atom stereocenters. The van der Waals surface area contributed by atoms with Gasteiger partial charge >= 0.3 is 0 Å². The number of aromatic nitrogens is 2. The molecule has 0 aliphatic carbocycles. The molecule has 184 valence electrons. The molecule has 0 radical (unpaired) electrons. The van der Waals surface area contributed by atoms with Crippen LogP contribution >= 0.6 is 12.2 Å². The first-order valence-corrected chi connectivity index (χ1v) is 12.5. The standard InChI is InChI=1S/C29H29FN4OS/c1-18(2)35-22-14-12-21(13-15-22)34-28(27(32-29(34)36)25-10-7-8-16-31-25)23-17-19(3)33(20(23)4)26-11-6-5-9-24(26)30/h5-18,27-28H,1-4H3,(H,32,36)/t27-,28-/m1/s1. The molecule has 5 nitrogen and oxygen atoms in total. The fourth-order valence-corrected chi connectivity index (χ4v) is 5.34. The first-order valence-electron chi connectivity index (χ1n) is 12.1. The fourth-order valence-electron chi connectivity index (χ4n) is 5.00. The van der Waals surface area contributed by atoms with Crippen molar-refractivity contribution in [3.63, 3.8) is 0 Å². The highest BCUT2D eigenvalue weighted by atomic mass is 32.1. The van der Waals surface area contributed by atoms with Gasteiger partial charge < -0.3 is 19.5 Å². The molecule has 7 heteroatoms. The Kier molecular flexibility index (Phi) is 6.49. The van der Waals surface area contributed by atoms with Gasteiger partial charge in [0.25, 0.3) is 0 Å². The van der Waals surface area contributed by atoms with E-state index in [1.165, 1.54) is 6.07 Å². The van der Waals surface area contributed by atoms with Crippen molar-refractivity contribution in [2.45, 2.75) is 45.9 Å². The Balaban J connectivity index is 1.64. The minimum atomic E-state index is -0.259. The summed E-state index contributed by atoms with van der Waals surface area (Å²) >= 11 is 5.87. The number of hydrogen-bond acceptors (Lipinski definition) is 3. The van der Waals surface area contributed by atoms with E-state index in [2.05, 4.69) is 21.3 Å². The van der Waals surface area contributed by atoms with Crippen molar-refractivity contribution < 1.29 is 9.13 Å². The van der Waals surface area contributed by atoms with Gasteiger partial charge in [-0.05, 0) is 100 Å². The van der Waals surface area contributed by atoms with Crippen molar-refractivity contribution in [2.24, 2.45) is 0 Å². The molecule has 1 aliphatic heterocycles. The molecule has 1 aliphatic rings. The molecule has 36 heavy (non-hydrogen) atoms. The molecule has 1 saturated heterocycles. The van der Waals surface area contributed by atoms with Crippen molar-refractivity contribution in [2.75, 3.05) is 4.90 Å². The first kappa shape index (κ1) is 24.0. The number of nitrogens with one attached hydrogen (secondary N) is 1. The van der Waals surface area contributed by atoms with Gasteiger partial charge in [0.05, 0.1) is 29.6 Å². The second-order valence-electron chi connectivity index (χ2n) is 9.27. The number of pyridine rings is 1. The minimum Gasteiger partial charge on any atom is -0.491 e. The molecule has 4 aromatic rings. The summed E-state index contributed by atoms with van der Waals surface area (Å²) in [6, 6.07) is 22.5. The van der Waals surface area contributed by atoms with Gasteiger partial charge in [0.15, 0.2) is 5.11 Å². The summed E-state index contributed by atoms with van der Waals surface area (Å²) < 4.78 is 22.6. The maximum Gasteiger partial charge on any atom is 0.174 e. The summed E-state index contributed by atoms with van der Waals surface area (Å²) in [4.78, 5) is 6.77. The molecule has 0 saturated carbocycles. The molecule has 1 N–H and O–H groups in total. The lowest BCUT2D eigenvalue weighted by molar-refractivity contribution is 0.242. The van der Waals surface area contributed by atoms with Crippen molar-refractivity contribution in [3.8, 4) is 11.4 Å². The van der Waals surface area contributed by atoms with Gasteiger partial charge in [-0.25, -0.2) is 4.39 Å². The van der Waals surface area contributed by atoms with Gasteiger partial charge in [-0.3, -0.25) is 4.98 Å². The molecular weight excluding hydrogens is 471 g/mol. The minimum absolute atomic E-state index is 0.0930. The Bertz CT molecular complexity index is 1380. The zero-order valence-electron chi connectivity index (χ0n) is 20.8. The third-order valence-corrected chi connectivity index (χ3v) is 6.78. The van der Waals surface area contributed by atoms with Crippen molar-refractivity contribution in [3.05, 3.63) is 107 Å². The zero-order valence-corrected chi connectivity index (χ0v) is 21.6. The fraction of sp³-hybridized carbons (Fsp3) is 0.241. The summed E-state index contributed by atoms with van der Waals surface area (Å²) in [7, 11) is 0. The second kappa shape index (κ2) is 9.74. The Labute approximate surface area is 216 Å². The SMILES string of the molecule is Cc1cc([C@@H]2[C@@H](c3ccccn3)NC(=S)N2c2ccc(OC(C)C)cc2)c(C)n1-c1ccccc1F. The molecule has 2 aromatic heterocycles. The number of anilines is 1. The van der Waals surface area contributed by atoms with Gasteiger partial charge in [-0.15, -0.1) is 0 Å². The van der Waals surface area contributed by atoms with E-state index >= 15 is 0 Å². The highest BCUT2D eigenvalue weighted by Crippen LogP contribution is 2.44. The van der Waals surface area contributed by atoms with Gasteiger partial charge in [-0.2, -0.15) is 0 Å². The number of hydrogen-bond donors (Lipinski definition) is 1. The zero-order chi connectivity index (χ0) is 25.4. The van der Waals surface area contributed by atoms with Crippen LogP contribution < -0.4 is 15.0 Å². The van der Waals surface area contributed by atoms with Crippen LogP contribution in [-0.2, 0) is 0 Å². The third-order valence-electron chi connectivity index (χ3n) is 6.47. The average molecular weight is 501 g/mol. The van der Waals surface area contributed by atoms with Crippen molar-refractivity contribution in [1.82, 2.24) is 14.9 Å². The Morgan fingerprint density at radius 2 is 1.72 bits per heavy atom. The van der Waals surface area contributed by atoms with Crippen LogP contribution in [0.5, 0.6) is 5.75 Å². The lowest BCUT2D eigenvalue weighted by Crippen LogP contribution is -2.29. The van der Waals surface area contributed by atoms with E-state index in [0.717, 1.165) is 34.1 Å². The highest BCUT2D eigenvalue weighted by Gasteiger charge is 2.42. The van der Waals surface area contributed by atoms with Crippen LogP contribution in [0, 0.1) is 19.7 Å². The number of ether oxygens (including phenoxy) is 1. The van der Waals surface area contributed by atoms with E-state index in [-0.39, 0.29) is 24.0 Å². The predicted molar refractivity (Wildman–Crippen MR) is 145 cm³/mol. The van der Waals surface area contributed by atoms with Crippen molar-refractivity contribution in [1.29, 1.82) is 0 Å². The summed E-state index contributed by atoms with van der Waals surface area (Å²) in [5, 5.41) is 4.12. The van der Waals surface area contributed by atoms with E-state index in [1.807, 2.05) is 80.8 Å². The first-order chi connectivity index (χ1) is 17.3. The lowest BCUT2D eigenvalue weighted by atomic mass is 9.96. The van der Waals surface area contributed by atoms with Crippen LogP contribution in [-0.4, -0.2) is 20.8 Å². The van der Waals surface area contributed by atoms with Crippen LogP contribution in [0.25, 0.3) is 5.69 Å². The number of rotatable bonds is 6. The predicted octanol–water partition coefficient (Wildman–Crippen LogP) is 6.59. The maximum absolute atomic E-state index is 14.8. The quantitative estimate of drug-likeness (QED) is 0.303. The molecule has 0 amide bonds. The Morgan fingerprint density at radius 1 is 1.00 bits per heavy atom. The van der Waals surface area contributed by atoms with E-state index < -0.39 is 0 Å². The van der Waals surface area contributed by atoms with Gasteiger partial charge in [-0.1, -0.05) is 18.2 Å². The van der Waals surface area contributed by atoms with Crippen LogP contribution in [0.4, 0.5) is 10.1 Å². The normalized spacial score (nSPS) is 17.5. The molecule has 0 spiro atoms. The average Bonchev–Trinajstić information content (AvgIpc) is 3.35. The number of nitrogens with zero attached hydrogens (tertiary/aromatic N) is 3. The number of halogens is 1. The third kappa shape index (κ3) is 4.35. The van der Waals surface area contributed by atoms with Crippen LogP contribution in [0.1, 0.15) is 48.6 Å². The largest absolute Gasteiger partial charge is 0.491 e. The smallest absolute Gasteiger partial charge is 0.174 e. The Hall–Kier alpha value is -3.71. The Morgan fingerprint density at radius 3 is 2.39 bits per heavy atom. The monoisotopic (exact) mass is 500 g/mol. The summed E-state index contributed by atoms with van der Waals surface area (Å²) in [5.74, 6) is 0.548. The van der Waals surface area contributed by atoms with Gasteiger partial charge in [0, 0.05) is 23.3 Å². The van der Waals surface area contributed by atoms with E-state index in [9.17, 15) is 4.39 Å². The maximum atomic E-state index is 14.8. The topological polar surface area (TPSA) is 42.3 Å². The van der Waals surface area contributed by atoms with Crippen LogP contribution in [0.15, 0.2) is 79.0 Å². The summed E-state index contributed by atoms with van der Waals surface area (Å²) in [6.45, 7) is 8.05. The number of benzene rings is 2. The molecule has 3 heterocycles. The number of para-hydroxylation sites is 1. The number of aryl methyl sites for hydroxylation is 1. The molecule has 1 fully saturated rings. The van der Waals surface area contributed by atoms with E-state index in [0.29, 0.717) is 10.8 Å². The number of thiocarbonyl (C=S) groups is 1. The van der Waals surface area contributed by atoms with Crippen LogP contribution in [0.2, 0.25) is 0 Å². The molecule has 0 unspecified atom stereocenters. The second-order valence-corrected chi connectivity index (χ2v) is 9.66. The molecular formula is C29H29FN4OS. The van der Waals surface area contributed by atoms with E-state index in [4.69, 9.17) is 17.0 Å². The van der Waals surface area contributed by atoms with Crippen LogP contribution in [0.3, 0.4) is 0 Å². The summed E-state index contributed by atoms with van der Waals surface area (Å²) in [5.41, 5.74) is 5.33. The molecule has 5 rings (SSSR count). The van der Waals surface area contributed by atoms with E-state index in [1.54, 1.807) is 18.3 Å². The summed E-state index contributed by atoms with van der Waals surface area (Å²) in [6.07, 6.45) is 1.89. The van der Waals surface area contributed by atoms with Crippen molar-refractivity contribution >= 4 is 23.0 Å². The van der Waals surface area contributed by atoms with Gasteiger partial charge in [0.1, 0.15) is 11.6 Å². The molecule has 2 aromatic carbocycles. The molecule has 0 bridgehead atoms. The highest BCUT2D eigenvalue weighted by molar-refractivity contribution is 7.80. The lowest BCUT2D eigenvalue weighted by Gasteiger charge is -2.28.